The molecule has 0 aliphatic heterocycles. The fourth-order valence-electron chi connectivity index (χ4n) is 3.21. The van der Waals surface area contributed by atoms with Gasteiger partial charge >= 0.3 is 5.97 Å². The van der Waals surface area contributed by atoms with Gasteiger partial charge in [0.2, 0.25) is 5.91 Å². The molecule has 20 heavy (non-hydrogen) atoms. The quantitative estimate of drug-likeness (QED) is 0.754. The second-order valence-corrected chi connectivity index (χ2v) is 6.57. The van der Waals surface area contributed by atoms with Gasteiger partial charge in [-0.05, 0) is 31.6 Å². The summed E-state index contributed by atoms with van der Waals surface area (Å²) in [4.78, 5) is 23.7. The minimum absolute atomic E-state index is 0.0645. The zero-order valence-corrected chi connectivity index (χ0v) is 13.1. The van der Waals surface area contributed by atoms with Crippen LogP contribution >= 0.6 is 0 Å². The smallest absolute Gasteiger partial charge is 0.308 e. The van der Waals surface area contributed by atoms with E-state index in [-0.39, 0.29) is 17.9 Å². The summed E-state index contributed by atoms with van der Waals surface area (Å²) in [5.74, 6) is -0.901. The number of carboxylic acids is 1. The molecule has 0 aromatic rings. The van der Waals surface area contributed by atoms with Crippen molar-refractivity contribution < 1.29 is 14.7 Å². The fourth-order valence-corrected chi connectivity index (χ4v) is 3.21. The lowest BCUT2D eigenvalue weighted by molar-refractivity contribution is -0.142. The van der Waals surface area contributed by atoms with Gasteiger partial charge in [-0.3, -0.25) is 9.59 Å². The molecule has 4 nitrogen and oxygen atoms in total. The third-order valence-corrected chi connectivity index (χ3v) is 4.58. The van der Waals surface area contributed by atoms with E-state index < -0.39 is 11.9 Å². The number of hydrogen-bond donors (Lipinski definition) is 2. The summed E-state index contributed by atoms with van der Waals surface area (Å²) in [6, 6.07) is 0. The zero-order valence-electron chi connectivity index (χ0n) is 13.1. The monoisotopic (exact) mass is 283 g/mol. The molecule has 1 aliphatic rings. The maximum atomic E-state index is 12.5. The van der Waals surface area contributed by atoms with Gasteiger partial charge in [0.1, 0.15) is 0 Å². The minimum Gasteiger partial charge on any atom is -0.481 e. The van der Waals surface area contributed by atoms with Crippen LogP contribution in [0.2, 0.25) is 0 Å². The van der Waals surface area contributed by atoms with Crippen LogP contribution in [0, 0.1) is 17.3 Å². The molecular weight excluding hydrogens is 254 g/mol. The molecule has 0 aromatic carbocycles. The number of hydrogen-bond acceptors (Lipinski definition) is 2. The van der Waals surface area contributed by atoms with Gasteiger partial charge in [0, 0.05) is 12.0 Å². The van der Waals surface area contributed by atoms with E-state index in [2.05, 4.69) is 12.2 Å². The summed E-state index contributed by atoms with van der Waals surface area (Å²) in [7, 11) is 0. The van der Waals surface area contributed by atoms with Crippen LogP contribution in [0.25, 0.3) is 0 Å². The van der Waals surface area contributed by atoms with Gasteiger partial charge < -0.3 is 10.4 Å². The molecule has 1 aliphatic carbocycles. The van der Waals surface area contributed by atoms with Gasteiger partial charge in [-0.2, -0.15) is 0 Å². The van der Waals surface area contributed by atoms with Crippen LogP contribution in [-0.2, 0) is 9.59 Å². The predicted octanol–water partition coefficient (Wildman–Crippen LogP) is 3.21. The summed E-state index contributed by atoms with van der Waals surface area (Å²) < 4.78 is 0. The molecule has 0 saturated heterocycles. The SMILES string of the molecule is CCC1(C(=O)NCC(CC(C)C)C(=O)O)CCCCC1. The Morgan fingerprint density at radius 3 is 2.25 bits per heavy atom. The van der Waals surface area contributed by atoms with Crippen LogP contribution in [0.3, 0.4) is 0 Å². The van der Waals surface area contributed by atoms with E-state index in [4.69, 9.17) is 0 Å². The van der Waals surface area contributed by atoms with E-state index in [9.17, 15) is 14.7 Å². The third-order valence-electron chi connectivity index (χ3n) is 4.58. The lowest BCUT2D eigenvalue weighted by Gasteiger charge is -2.35. The van der Waals surface area contributed by atoms with Crippen molar-refractivity contribution in [1.29, 1.82) is 0 Å². The first kappa shape index (κ1) is 17.0. The van der Waals surface area contributed by atoms with Crippen molar-refractivity contribution in [1.82, 2.24) is 5.32 Å². The molecule has 0 bridgehead atoms. The Morgan fingerprint density at radius 2 is 1.80 bits per heavy atom. The normalized spacial score (nSPS) is 19.6. The van der Waals surface area contributed by atoms with Crippen molar-refractivity contribution in [2.75, 3.05) is 6.54 Å². The van der Waals surface area contributed by atoms with Crippen LogP contribution in [0.5, 0.6) is 0 Å². The van der Waals surface area contributed by atoms with E-state index in [0.717, 1.165) is 32.1 Å². The van der Waals surface area contributed by atoms with Crippen molar-refractivity contribution in [2.45, 2.75) is 65.7 Å². The first-order chi connectivity index (χ1) is 9.41. The summed E-state index contributed by atoms with van der Waals surface area (Å²) in [6.45, 7) is 6.33. The van der Waals surface area contributed by atoms with Crippen molar-refractivity contribution in [3.8, 4) is 0 Å². The average molecular weight is 283 g/mol. The molecule has 116 valence electrons. The largest absolute Gasteiger partial charge is 0.481 e. The second kappa shape index (κ2) is 7.65. The minimum atomic E-state index is -0.812. The number of carbonyl (C=O) groups is 2. The average Bonchev–Trinajstić information content (AvgIpc) is 2.43. The molecule has 1 atom stereocenters. The molecule has 1 saturated carbocycles. The Morgan fingerprint density at radius 1 is 1.20 bits per heavy atom. The summed E-state index contributed by atoms with van der Waals surface area (Å²) >= 11 is 0. The van der Waals surface area contributed by atoms with Gasteiger partial charge in [-0.15, -0.1) is 0 Å². The molecular formula is C16H29NO3. The van der Waals surface area contributed by atoms with Crippen LogP contribution in [-0.4, -0.2) is 23.5 Å². The fraction of sp³-hybridized carbons (Fsp3) is 0.875. The van der Waals surface area contributed by atoms with Gasteiger partial charge in [0.15, 0.2) is 0 Å². The lowest BCUT2D eigenvalue weighted by atomic mass is 9.71. The van der Waals surface area contributed by atoms with Crippen LogP contribution in [0.1, 0.15) is 65.7 Å². The van der Waals surface area contributed by atoms with Gasteiger partial charge in [0.25, 0.3) is 0 Å². The lowest BCUT2D eigenvalue weighted by Crippen LogP contribution is -2.44. The Labute approximate surface area is 122 Å². The summed E-state index contributed by atoms with van der Waals surface area (Å²) in [6.07, 6.45) is 6.76. The van der Waals surface area contributed by atoms with E-state index in [1.165, 1.54) is 6.42 Å². The molecule has 1 rings (SSSR count). The highest BCUT2D eigenvalue weighted by Crippen LogP contribution is 2.39. The maximum absolute atomic E-state index is 12.5. The number of aliphatic carboxylic acids is 1. The highest BCUT2D eigenvalue weighted by Gasteiger charge is 2.37. The molecule has 0 spiro atoms. The number of rotatable bonds is 7. The zero-order chi connectivity index (χ0) is 15.2. The predicted molar refractivity (Wildman–Crippen MR) is 79.4 cm³/mol. The Hall–Kier alpha value is -1.06. The molecule has 2 N–H and O–H groups in total. The van der Waals surface area contributed by atoms with E-state index in [1.807, 2.05) is 13.8 Å². The standard InChI is InChI=1S/C16H29NO3/c1-4-16(8-6-5-7-9-16)15(20)17-11-13(14(18)19)10-12(2)3/h12-13H,4-11H2,1-3H3,(H,17,20)(H,18,19). The Bertz CT molecular complexity index is 333. The number of carbonyl (C=O) groups excluding carboxylic acids is 1. The number of carboxylic acid groups (broad SMARTS) is 1. The molecule has 0 radical (unpaired) electrons. The first-order valence-electron chi connectivity index (χ1n) is 7.92. The highest BCUT2D eigenvalue weighted by atomic mass is 16.4. The number of nitrogens with one attached hydrogen (secondary N) is 1. The van der Waals surface area contributed by atoms with E-state index in [1.54, 1.807) is 0 Å². The van der Waals surface area contributed by atoms with Crippen LogP contribution in [0.4, 0.5) is 0 Å². The molecule has 0 heterocycles. The Balaban J connectivity index is 2.57. The third kappa shape index (κ3) is 4.50. The highest BCUT2D eigenvalue weighted by molar-refractivity contribution is 5.83. The van der Waals surface area contributed by atoms with Crippen LogP contribution < -0.4 is 5.32 Å². The van der Waals surface area contributed by atoms with Crippen LogP contribution in [0.15, 0.2) is 0 Å². The molecule has 0 aromatic heterocycles. The molecule has 1 amide bonds. The molecule has 1 fully saturated rings. The van der Waals surface area contributed by atoms with Gasteiger partial charge in [0.05, 0.1) is 5.92 Å². The molecule has 1 unspecified atom stereocenters. The summed E-state index contributed by atoms with van der Waals surface area (Å²) in [5, 5.41) is 12.1. The molecule has 4 heteroatoms. The van der Waals surface area contributed by atoms with E-state index in [0.29, 0.717) is 12.3 Å². The Kier molecular flexibility index (Phi) is 6.50. The first-order valence-corrected chi connectivity index (χ1v) is 7.92. The van der Waals surface area contributed by atoms with Crippen molar-refractivity contribution >= 4 is 11.9 Å². The van der Waals surface area contributed by atoms with Crippen molar-refractivity contribution in [2.24, 2.45) is 17.3 Å². The van der Waals surface area contributed by atoms with Gasteiger partial charge in [-0.25, -0.2) is 0 Å². The van der Waals surface area contributed by atoms with E-state index >= 15 is 0 Å². The maximum Gasteiger partial charge on any atom is 0.308 e. The number of amides is 1. The topological polar surface area (TPSA) is 66.4 Å². The van der Waals surface area contributed by atoms with Gasteiger partial charge in [-0.1, -0.05) is 40.0 Å². The second-order valence-electron chi connectivity index (χ2n) is 6.57. The van der Waals surface area contributed by atoms with Crippen molar-refractivity contribution in [3.05, 3.63) is 0 Å². The van der Waals surface area contributed by atoms with Crippen molar-refractivity contribution in [3.63, 3.8) is 0 Å². The summed E-state index contributed by atoms with van der Waals surface area (Å²) in [5.41, 5.74) is -0.251.